The Bertz CT molecular complexity index is 719. The Morgan fingerprint density at radius 3 is 2.42 bits per heavy atom. The summed E-state index contributed by atoms with van der Waals surface area (Å²) in [5.74, 6) is -0.621. The molecule has 0 saturated heterocycles. The molecule has 0 aliphatic carbocycles. The van der Waals surface area contributed by atoms with Gasteiger partial charge < -0.3 is 10.6 Å². The van der Waals surface area contributed by atoms with Gasteiger partial charge in [-0.3, -0.25) is 9.59 Å². The molecule has 1 heterocycles. The molecule has 0 radical (unpaired) electrons. The van der Waals surface area contributed by atoms with Crippen molar-refractivity contribution in [1.29, 1.82) is 0 Å². The highest BCUT2D eigenvalue weighted by Crippen LogP contribution is 2.21. The Kier molecular flexibility index (Phi) is 6.93. The van der Waals surface area contributed by atoms with Gasteiger partial charge in [0.25, 0.3) is 11.8 Å². The number of aromatic nitrogens is 1. The fraction of sp³-hybridized carbons (Fsp3) is 0.278. The van der Waals surface area contributed by atoms with Gasteiger partial charge in [0.2, 0.25) is 0 Å². The molecule has 2 amide bonds. The zero-order chi connectivity index (χ0) is 17.4. The van der Waals surface area contributed by atoms with Crippen LogP contribution in [0.25, 0.3) is 0 Å². The maximum Gasteiger partial charge on any atom is 0.274 e. The number of anilines is 1. The lowest BCUT2D eigenvalue weighted by molar-refractivity contribution is 0.0948. The van der Waals surface area contributed by atoms with Gasteiger partial charge in [-0.1, -0.05) is 38.0 Å². The first-order valence-electron chi connectivity index (χ1n) is 7.93. The van der Waals surface area contributed by atoms with Crippen LogP contribution in [-0.4, -0.2) is 23.3 Å². The molecular formula is C18H20BrN3O2. The summed E-state index contributed by atoms with van der Waals surface area (Å²) in [6, 6.07) is 12.2. The number of benzene rings is 1. The second-order valence-corrected chi connectivity index (χ2v) is 6.16. The highest BCUT2D eigenvalue weighted by atomic mass is 79.9. The van der Waals surface area contributed by atoms with Gasteiger partial charge in [-0.05, 0) is 46.6 Å². The summed E-state index contributed by atoms with van der Waals surface area (Å²) in [4.78, 5) is 28.6. The van der Waals surface area contributed by atoms with Crippen LogP contribution in [0.4, 0.5) is 5.69 Å². The van der Waals surface area contributed by atoms with Gasteiger partial charge in [0, 0.05) is 11.0 Å². The number of nitrogens with one attached hydrogen (secondary N) is 2. The van der Waals surface area contributed by atoms with Crippen molar-refractivity contribution >= 4 is 33.4 Å². The molecule has 0 aliphatic rings. The summed E-state index contributed by atoms with van der Waals surface area (Å²) < 4.78 is 0.781. The van der Waals surface area contributed by atoms with Crippen molar-refractivity contribution in [3.8, 4) is 0 Å². The van der Waals surface area contributed by atoms with Crippen molar-refractivity contribution in [3.63, 3.8) is 0 Å². The molecule has 6 heteroatoms. The van der Waals surface area contributed by atoms with E-state index in [9.17, 15) is 9.59 Å². The predicted molar refractivity (Wildman–Crippen MR) is 98.2 cm³/mol. The second-order valence-electron chi connectivity index (χ2n) is 5.31. The van der Waals surface area contributed by atoms with Crippen LogP contribution in [0.15, 0.2) is 46.9 Å². The third kappa shape index (κ3) is 5.16. The zero-order valence-corrected chi connectivity index (χ0v) is 15.1. The zero-order valence-electron chi connectivity index (χ0n) is 13.5. The lowest BCUT2D eigenvalue weighted by Crippen LogP contribution is -2.26. The topological polar surface area (TPSA) is 71.1 Å². The number of amides is 2. The van der Waals surface area contributed by atoms with Crippen LogP contribution in [0.5, 0.6) is 0 Å². The molecule has 2 N–H and O–H groups in total. The fourth-order valence-corrected chi connectivity index (χ4v) is 2.49. The number of unbranched alkanes of at least 4 members (excludes halogenated alkanes) is 2. The number of para-hydroxylation sites is 1. The largest absolute Gasteiger partial charge is 0.351 e. The average Bonchev–Trinajstić information content (AvgIpc) is 2.60. The molecule has 126 valence electrons. The molecule has 1 aromatic carbocycles. The summed E-state index contributed by atoms with van der Waals surface area (Å²) in [7, 11) is 0. The third-order valence-electron chi connectivity index (χ3n) is 3.40. The minimum absolute atomic E-state index is 0.201. The van der Waals surface area contributed by atoms with Gasteiger partial charge in [0.15, 0.2) is 0 Å². The van der Waals surface area contributed by atoms with E-state index >= 15 is 0 Å². The van der Waals surface area contributed by atoms with Crippen molar-refractivity contribution < 1.29 is 9.59 Å². The number of halogens is 1. The molecule has 2 rings (SSSR count). The number of carbonyl (C=O) groups excluding carboxylic acids is 2. The van der Waals surface area contributed by atoms with Crippen LogP contribution in [0.2, 0.25) is 0 Å². The molecule has 0 bridgehead atoms. The summed E-state index contributed by atoms with van der Waals surface area (Å²) in [6.07, 6.45) is 3.10. The number of nitrogens with zero attached hydrogens (tertiary/aromatic N) is 1. The van der Waals surface area contributed by atoms with E-state index in [1.807, 2.05) is 18.2 Å². The maximum atomic E-state index is 12.3. The van der Waals surface area contributed by atoms with Gasteiger partial charge >= 0.3 is 0 Å². The fourth-order valence-electron chi connectivity index (χ4n) is 2.10. The van der Waals surface area contributed by atoms with E-state index in [4.69, 9.17) is 0 Å². The number of rotatable bonds is 7. The van der Waals surface area contributed by atoms with E-state index in [1.165, 1.54) is 0 Å². The normalized spacial score (nSPS) is 10.2. The van der Waals surface area contributed by atoms with Crippen molar-refractivity contribution in [2.75, 3.05) is 11.9 Å². The van der Waals surface area contributed by atoms with Gasteiger partial charge in [-0.25, -0.2) is 4.98 Å². The molecule has 0 saturated carbocycles. The van der Waals surface area contributed by atoms with Crippen LogP contribution in [0, 0.1) is 0 Å². The van der Waals surface area contributed by atoms with Crippen molar-refractivity contribution in [3.05, 3.63) is 58.3 Å². The minimum atomic E-state index is -0.359. The first-order chi connectivity index (χ1) is 11.6. The second kappa shape index (κ2) is 9.17. The standard InChI is InChI=1S/C18H20BrN3O2/c1-2-3-6-12-20-17(23)15-10-7-11-16(21-15)18(24)22-14-9-5-4-8-13(14)19/h4-5,7-11H,2-3,6,12H2,1H3,(H,20,23)(H,22,24). The molecule has 2 aromatic rings. The van der Waals surface area contributed by atoms with Crippen molar-refractivity contribution in [2.45, 2.75) is 26.2 Å². The molecule has 0 aliphatic heterocycles. The minimum Gasteiger partial charge on any atom is -0.351 e. The summed E-state index contributed by atoms with van der Waals surface area (Å²) in [5, 5.41) is 5.59. The molecule has 5 nitrogen and oxygen atoms in total. The Hall–Kier alpha value is -2.21. The van der Waals surface area contributed by atoms with E-state index in [1.54, 1.807) is 24.3 Å². The van der Waals surface area contributed by atoms with Crippen LogP contribution in [0.3, 0.4) is 0 Å². The summed E-state index contributed by atoms with van der Waals surface area (Å²) in [5.41, 5.74) is 1.09. The lowest BCUT2D eigenvalue weighted by Gasteiger charge is -2.08. The Balaban J connectivity index is 2.02. The Morgan fingerprint density at radius 2 is 1.71 bits per heavy atom. The lowest BCUT2D eigenvalue weighted by atomic mass is 10.2. The molecular weight excluding hydrogens is 370 g/mol. The van der Waals surface area contributed by atoms with E-state index in [-0.39, 0.29) is 23.2 Å². The summed E-state index contributed by atoms with van der Waals surface area (Å²) >= 11 is 3.38. The van der Waals surface area contributed by atoms with Gasteiger partial charge in [0.1, 0.15) is 11.4 Å². The van der Waals surface area contributed by atoms with Crippen molar-refractivity contribution in [2.24, 2.45) is 0 Å². The van der Waals surface area contributed by atoms with Gasteiger partial charge in [-0.2, -0.15) is 0 Å². The summed E-state index contributed by atoms with van der Waals surface area (Å²) in [6.45, 7) is 2.72. The van der Waals surface area contributed by atoms with Gasteiger partial charge in [-0.15, -0.1) is 0 Å². The molecule has 0 fully saturated rings. The van der Waals surface area contributed by atoms with Gasteiger partial charge in [0.05, 0.1) is 5.69 Å². The smallest absolute Gasteiger partial charge is 0.274 e. The Labute approximate surface area is 150 Å². The van der Waals surface area contributed by atoms with Crippen LogP contribution in [0.1, 0.15) is 47.2 Å². The number of carbonyl (C=O) groups is 2. The highest BCUT2D eigenvalue weighted by Gasteiger charge is 2.13. The highest BCUT2D eigenvalue weighted by molar-refractivity contribution is 9.10. The van der Waals surface area contributed by atoms with Crippen LogP contribution in [-0.2, 0) is 0 Å². The van der Waals surface area contributed by atoms with E-state index in [0.29, 0.717) is 12.2 Å². The van der Waals surface area contributed by atoms with Crippen molar-refractivity contribution in [1.82, 2.24) is 10.3 Å². The van der Waals surface area contributed by atoms with E-state index < -0.39 is 0 Å². The average molecular weight is 390 g/mol. The van der Waals surface area contributed by atoms with E-state index in [2.05, 4.69) is 38.5 Å². The predicted octanol–water partition coefficient (Wildman–Crippen LogP) is 4.02. The quantitative estimate of drug-likeness (QED) is 0.702. The van der Waals surface area contributed by atoms with Crippen LogP contribution < -0.4 is 10.6 Å². The molecule has 0 spiro atoms. The first kappa shape index (κ1) is 18.1. The SMILES string of the molecule is CCCCCNC(=O)c1cccc(C(=O)Nc2ccccc2Br)n1. The first-order valence-corrected chi connectivity index (χ1v) is 8.72. The Morgan fingerprint density at radius 1 is 1.00 bits per heavy atom. The maximum absolute atomic E-state index is 12.3. The molecule has 1 aromatic heterocycles. The molecule has 0 atom stereocenters. The number of hydrogen-bond donors (Lipinski definition) is 2. The molecule has 24 heavy (non-hydrogen) atoms. The monoisotopic (exact) mass is 389 g/mol. The van der Waals surface area contributed by atoms with E-state index in [0.717, 1.165) is 23.7 Å². The van der Waals surface area contributed by atoms with Crippen LogP contribution >= 0.6 is 15.9 Å². The number of pyridine rings is 1. The molecule has 0 unspecified atom stereocenters. The third-order valence-corrected chi connectivity index (χ3v) is 4.09. The number of hydrogen-bond acceptors (Lipinski definition) is 3.